The molecule has 2 unspecified atom stereocenters. The first kappa shape index (κ1) is 15.5. The smallest absolute Gasteiger partial charge is 0.329 e. The minimum absolute atomic E-state index is 0.102. The molecule has 1 heterocycles. The molecular weight excluding hydrogens is 272 g/mol. The van der Waals surface area contributed by atoms with E-state index in [0.717, 1.165) is 18.4 Å². The summed E-state index contributed by atoms with van der Waals surface area (Å²) in [5.74, 6) is -0.333. The second kappa shape index (κ2) is 5.87. The standard InChI is InChI=1S/C15H22N2O4/c1-9-5-4-6-15(8-9,14(19)20)16-13(18)7-12-10(2)17-21-11(12)3/h9H,4-8H2,1-3H3,(H,16,18)(H,19,20). The molecule has 21 heavy (non-hydrogen) atoms. The SMILES string of the molecule is Cc1noc(C)c1CC(=O)NC1(C(=O)O)CCCC(C)C1. The quantitative estimate of drug-likeness (QED) is 0.885. The maximum absolute atomic E-state index is 12.3. The minimum Gasteiger partial charge on any atom is -0.480 e. The summed E-state index contributed by atoms with van der Waals surface area (Å²) in [5.41, 5.74) is 0.272. The maximum atomic E-state index is 12.3. The second-order valence-corrected chi connectivity index (χ2v) is 6.12. The zero-order chi connectivity index (χ0) is 15.6. The van der Waals surface area contributed by atoms with Crippen LogP contribution in [0.1, 0.15) is 49.6 Å². The molecular formula is C15H22N2O4. The highest BCUT2D eigenvalue weighted by Crippen LogP contribution is 2.32. The summed E-state index contributed by atoms with van der Waals surface area (Å²) in [7, 11) is 0. The number of aromatic nitrogens is 1. The largest absolute Gasteiger partial charge is 0.480 e. The van der Waals surface area contributed by atoms with E-state index < -0.39 is 11.5 Å². The average Bonchev–Trinajstić information content (AvgIpc) is 2.70. The number of carbonyl (C=O) groups excluding carboxylic acids is 1. The highest BCUT2D eigenvalue weighted by atomic mass is 16.5. The van der Waals surface area contributed by atoms with Crippen LogP contribution in [0.2, 0.25) is 0 Å². The highest BCUT2D eigenvalue weighted by molar-refractivity contribution is 5.88. The van der Waals surface area contributed by atoms with Gasteiger partial charge in [0.05, 0.1) is 12.1 Å². The first-order chi connectivity index (χ1) is 9.84. The lowest BCUT2D eigenvalue weighted by atomic mass is 9.76. The van der Waals surface area contributed by atoms with E-state index in [1.165, 1.54) is 0 Å². The predicted octanol–water partition coefficient (Wildman–Crippen LogP) is 1.98. The number of amides is 1. The molecule has 0 aliphatic heterocycles. The van der Waals surface area contributed by atoms with Gasteiger partial charge in [0.1, 0.15) is 11.3 Å². The van der Waals surface area contributed by atoms with Gasteiger partial charge in [-0.25, -0.2) is 4.79 Å². The van der Waals surface area contributed by atoms with Crippen LogP contribution in [0.5, 0.6) is 0 Å². The Labute approximate surface area is 123 Å². The summed E-state index contributed by atoms with van der Waals surface area (Å²) in [6.45, 7) is 5.55. The van der Waals surface area contributed by atoms with Crippen molar-refractivity contribution in [3.63, 3.8) is 0 Å². The van der Waals surface area contributed by atoms with E-state index in [4.69, 9.17) is 4.52 Å². The van der Waals surface area contributed by atoms with E-state index in [1.54, 1.807) is 13.8 Å². The van der Waals surface area contributed by atoms with Crippen LogP contribution in [0.15, 0.2) is 4.52 Å². The number of hydrogen-bond acceptors (Lipinski definition) is 4. The molecule has 1 aliphatic rings. The van der Waals surface area contributed by atoms with Crippen molar-refractivity contribution >= 4 is 11.9 Å². The van der Waals surface area contributed by atoms with Crippen molar-refractivity contribution in [2.24, 2.45) is 5.92 Å². The number of carboxylic acid groups (broad SMARTS) is 1. The molecule has 2 atom stereocenters. The fourth-order valence-electron chi connectivity index (χ4n) is 3.14. The molecule has 0 radical (unpaired) electrons. The first-order valence-electron chi connectivity index (χ1n) is 7.30. The normalized spacial score (nSPS) is 25.6. The lowest BCUT2D eigenvalue weighted by Crippen LogP contribution is -2.57. The predicted molar refractivity (Wildman–Crippen MR) is 75.8 cm³/mol. The van der Waals surface area contributed by atoms with Gasteiger partial charge in [-0.3, -0.25) is 4.79 Å². The third-order valence-electron chi connectivity index (χ3n) is 4.30. The molecule has 6 nitrogen and oxygen atoms in total. The fourth-order valence-corrected chi connectivity index (χ4v) is 3.14. The molecule has 0 bridgehead atoms. The molecule has 2 N–H and O–H groups in total. The Balaban J connectivity index is 2.11. The molecule has 116 valence electrons. The topological polar surface area (TPSA) is 92.4 Å². The van der Waals surface area contributed by atoms with Crippen LogP contribution >= 0.6 is 0 Å². The van der Waals surface area contributed by atoms with Crippen LogP contribution in [0.25, 0.3) is 0 Å². The van der Waals surface area contributed by atoms with Crippen molar-refractivity contribution in [1.82, 2.24) is 10.5 Å². The Hall–Kier alpha value is -1.85. The van der Waals surface area contributed by atoms with E-state index in [1.807, 2.05) is 6.92 Å². The van der Waals surface area contributed by atoms with Crippen molar-refractivity contribution < 1.29 is 19.2 Å². The van der Waals surface area contributed by atoms with E-state index in [0.29, 0.717) is 30.2 Å². The number of nitrogens with one attached hydrogen (secondary N) is 1. The Morgan fingerprint density at radius 1 is 1.48 bits per heavy atom. The molecule has 1 fully saturated rings. The summed E-state index contributed by atoms with van der Waals surface area (Å²) in [6.07, 6.45) is 2.90. The van der Waals surface area contributed by atoms with Gasteiger partial charge in [-0.2, -0.15) is 0 Å². The van der Waals surface area contributed by atoms with Gasteiger partial charge in [-0.15, -0.1) is 0 Å². The van der Waals surface area contributed by atoms with Gasteiger partial charge < -0.3 is 14.9 Å². The van der Waals surface area contributed by atoms with E-state index >= 15 is 0 Å². The lowest BCUT2D eigenvalue weighted by Gasteiger charge is -2.37. The minimum atomic E-state index is -1.13. The van der Waals surface area contributed by atoms with Crippen LogP contribution in [-0.2, 0) is 16.0 Å². The Morgan fingerprint density at radius 3 is 2.71 bits per heavy atom. The van der Waals surface area contributed by atoms with Crippen molar-refractivity contribution in [2.75, 3.05) is 0 Å². The number of carboxylic acids is 1. The van der Waals surface area contributed by atoms with E-state index in [9.17, 15) is 14.7 Å². The summed E-state index contributed by atoms with van der Waals surface area (Å²) in [6, 6.07) is 0. The number of carbonyl (C=O) groups is 2. The number of aryl methyl sites for hydroxylation is 2. The van der Waals surface area contributed by atoms with Gasteiger partial charge >= 0.3 is 5.97 Å². The van der Waals surface area contributed by atoms with Crippen LogP contribution in [0.4, 0.5) is 0 Å². The van der Waals surface area contributed by atoms with Gasteiger partial charge in [0.15, 0.2) is 0 Å². The molecule has 1 saturated carbocycles. The average molecular weight is 294 g/mol. The van der Waals surface area contributed by atoms with Crippen LogP contribution < -0.4 is 5.32 Å². The molecule has 0 aromatic carbocycles. The van der Waals surface area contributed by atoms with Crippen molar-refractivity contribution in [3.05, 3.63) is 17.0 Å². The molecule has 1 amide bonds. The monoisotopic (exact) mass is 294 g/mol. The summed E-state index contributed by atoms with van der Waals surface area (Å²) < 4.78 is 5.03. The van der Waals surface area contributed by atoms with Crippen LogP contribution in [-0.4, -0.2) is 27.7 Å². The molecule has 1 aromatic rings. The molecule has 1 aromatic heterocycles. The molecule has 0 saturated heterocycles. The van der Waals surface area contributed by atoms with Crippen molar-refractivity contribution in [2.45, 2.75) is 58.4 Å². The number of nitrogens with zero attached hydrogens (tertiary/aromatic N) is 1. The van der Waals surface area contributed by atoms with Crippen LogP contribution in [0.3, 0.4) is 0 Å². The maximum Gasteiger partial charge on any atom is 0.329 e. The van der Waals surface area contributed by atoms with Gasteiger partial charge in [0.25, 0.3) is 0 Å². The van der Waals surface area contributed by atoms with Crippen LogP contribution in [0, 0.1) is 19.8 Å². The Morgan fingerprint density at radius 2 is 2.19 bits per heavy atom. The Kier molecular flexibility index (Phi) is 4.34. The van der Waals surface area contributed by atoms with Crippen molar-refractivity contribution in [1.29, 1.82) is 0 Å². The van der Waals surface area contributed by atoms with Gasteiger partial charge in [-0.1, -0.05) is 24.9 Å². The summed E-state index contributed by atoms with van der Waals surface area (Å²) >= 11 is 0. The van der Waals surface area contributed by atoms with Gasteiger partial charge in [0.2, 0.25) is 5.91 Å². The lowest BCUT2D eigenvalue weighted by molar-refractivity contribution is -0.150. The number of aliphatic carboxylic acids is 1. The molecule has 2 rings (SSSR count). The number of rotatable bonds is 4. The third kappa shape index (κ3) is 3.25. The van der Waals surface area contributed by atoms with E-state index in [-0.39, 0.29) is 12.3 Å². The van der Waals surface area contributed by atoms with Crippen molar-refractivity contribution in [3.8, 4) is 0 Å². The fraction of sp³-hybridized carbons (Fsp3) is 0.667. The third-order valence-corrected chi connectivity index (χ3v) is 4.30. The first-order valence-corrected chi connectivity index (χ1v) is 7.30. The zero-order valence-corrected chi connectivity index (χ0v) is 12.7. The van der Waals surface area contributed by atoms with Gasteiger partial charge in [-0.05, 0) is 32.6 Å². The molecule has 0 spiro atoms. The van der Waals surface area contributed by atoms with E-state index in [2.05, 4.69) is 10.5 Å². The highest BCUT2D eigenvalue weighted by Gasteiger charge is 2.43. The Bertz CT molecular complexity index is 532. The second-order valence-electron chi connectivity index (χ2n) is 6.12. The molecule has 1 aliphatic carbocycles. The summed E-state index contributed by atoms with van der Waals surface area (Å²) in [4.78, 5) is 23.9. The number of hydrogen-bond donors (Lipinski definition) is 2. The summed E-state index contributed by atoms with van der Waals surface area (Å²) in [5, 5.41) is 16.1. The zero-order valence-electron chi connectivity index (χ0n) is 12.7. The van der Waals surface area contributed by atoms with Gasteiger partial charge in [0, 0.05) is 5.56 Å². The molecule has 6 heteroatoms.